The summed E-state index contributed by atoms with van der Waals surface area (Å²) in [6, 6.07) is 6.40. The van der Waals surface area contributed by atoms with Gasteiger partial charge < -0.3 is 4.90 Å². The quantitative estimate of drug-likeness (QED) is 0.774. The number of carbonyl (C=O) groups excluding carboxylic acids is 1. The third-order valence-corrected chi connectivity index (χ3v) is 4.23. The van der Waals surface area contributed by atoms with Gasteiger partial charge >= 0.3 is 0 Å². The fraction of sp³-hybridized carbons (Fsp3) is 0.438. The molecule has 0 bridgehead atoms. The lowest BCUT2D eigenvalue weighted by Crippen LogP contribution is -2.44. The lowest BCUT2D eigenvalue weighted by molar-refractivity contribution is -0.121. The van der Waals surface area contributed by atoms with Gasteiger partial charge in [-0.1, -0.05) is 23.8 Å². The van der Waals surface area contributed by atoms with Crippen LogP contribution in [0.15, 0.2) is 35.9 Å². The number of para-hydroxylation sites is 1. The Balaban J connectivity index is 1.76. The predicted molar refractivity (Wildman–Crippen MR) is 77.1 cm³/mol. The minimum atomic E-state index is -0.323. The Morgan fingerprint density at radius 3 is 2.75 bits per heavy atom. The van der Waals surface area contributed by atoms with Crippen LogP contribution < -0.4 is 4.90 Å². The van der Waals surface area contributed by atoms with Crippen LogP contribution in [0.5, 0.6) is 0 Å². The van der Waals surface area contributed by atoms with Crippen LogP contribution in [0.3, 0.4) is 0 Å². The van der Waals surface area contributed by atoms with E-state index >= 15 is 0 Å². The largest absolute Gasteiger partial charge is 0.308 e. The number of rotatable bonds is 2. The monoisotopic (exact) mass is 274 g/mol. The van der Waals surface area contributed by atoms with Gasteiger partial charge in [0.1, 0.15) is 5.82 Å². The molecule has 1 atom stereocenters. The van der Waals surface area contributed by atoms with E-state index in [0.717, 1.165) is 25.9 Å². The standard InChI is InChI=1S/C16H19FN2O/c1-12-6-9-18(10-7-12)15-8-11-19(16(15)20)14-5-3-2-4-13(14)17/h2-6,15H,7-11H2,1H3. The van der Waals surface area contributed by atoms with E-state index in [9.17, 15) is 9.18 Å². The Kier molecular flexibility index (Phi) is 3.57. The van der Waals surface area contributed by atoms with Crippen LogP contribution in [-0.4, -0.2) is 36.5 Å². The Morgan fingerprint density at radius 1 is 1.25 bits per heavy atom. The zero-order chi connectivity index (χ0) is 14.1. The van der Waals surface area contributed by atoms with E-state index in [2.05, 4.69) is 17.9 Å². The summed E-state index contributed by atoms with van der Waals surface area (Å²) >= 11 is 0. The lowest BCUT2D eigenvalue weighted by atomic mass is 10.1. The summed E-state index contributed by atoms with van der Waals surface area (Å²) < 4.78 is 13.8. The summed E-state index contributed by atoms with van der Waals surface area (Å²) in [5, 5.41) is 0. The maximum atomic E-state index is 13.8. The van der Waals surface area contributed by atoms with E-state index in [-0.39, 0.29) is 17.8 Å². The molecule has 2 heterocycles. The molecule has 0 aromatic heterocycles. The molecule has 4 heteroatoms. The minimum Gasteiger partial charge on any atom is -0.308 e. The molecule has 106 valence electrons. The highest BCUT2D eigenvalue weighted by atomic mass is 19.1. The Hall–Kier alpha value is -1.68. The van der Waals surface area contributed by atoms with Crippen molar-refractivity contribution in [2.24, 2.45) is 0 Å². The molecule has 2 aliphatic heterocycles. The SMILES string of the molecule is CC1=CCN(C2CCN(c3ccccc3F)C2=O)CC1. The van der Waals surface area contributed by atoms with Gasteiger partial charge in [-0.25, -0.2) is 4.39 Å². The highest BCUT2D eigenvalue weighted by molar-refractivity contribution is 5.99. The molecule has 1 amide bonds. The van der Waals surface area contributed by atoms with Crippen molar-refractivity contribution in [3.05, 3.63) is 41.7 Å². The highest BCUT2D eigenvalue weighted by Gasteiger charge is 2.37. The first-order valence-corrected chi connectivity index (χ1v) is 7.12. The average molecular weight is 274 g/mol. The van der Waals surface area contributed by atoms with Crippen LogP contribution in [0.25, 0.3) is 0 Å². The summed E-state index contributed by atoms with van der Waals surface area (Å²) in [6.45, 7) is 4.47. The van der Waals surface area contributed by atoms with Crippen molar-refractivity contribution in [2.75, 3.05) is 24.5 Å². The van der Waals surface area contributed by atoms with E-state index in [1.165, 1.54) is 11.6 Å². The van der Waals surface area contributed by atoms with E-state index in [0.29, 0.717) is 12.2 Å². The molecular formula is C16H19FN2O. The van der Waals surface area contributed by atoms with Crippen molar-refractivity contribution < 1.29 is 9.18 Å². The van der Waals surface area contributed by atoms with Gasteiger partial charge in [-0.05, 0) is 31.9 Å². The first kappa shape index (κ1) is 13.3. The fourth-order valence-corrected chi connectivity index (χ4v) is 2.98. The molecule has 1 aromatic rings. The summed E-state index contributed by atoms with van der Waals surface area (Å²) in [5.41, 5.74) is 1.79. The van der Waals surface area contributed by atoms with Crippen molar-refractivity contribution in [3.63, 3.8) is 0 Å². The summed E-state index contributed by atoms with van der Waals surface area (Å²) in [4.78, 5) is 16.3. The molecule has 0 N–H and O–H groups in total. The van der Waals surface area contributed by atoms with Crippen LogP contribution in [0.2, 0.25) is 0 Å². The van der Waals surface area contributed by atoms with Gasteiger partial charge in [0, 0.05) is 19.6 Å². The summed E-state index contributed by atoms with van der Waals surface area (Å²) in [5.74, 6) is -0.293. The lowest BCUT2D eigenvalue weighted by Gasteiger charge is -2.30. The first-order chi connectivity index (χ1) is 9.66. The van der Waals surface area contributed by atoms with Gasteiger partial charge in [0.05, 0.1) is 11.7 Å². The number of anilines is 1. The fourth-order valence-electron chi connectivity index (χ4n) is 2.98. The molecule has 3 rings (SSSR count). The molecule has 0 spiro atoms. The molecule has 1 saturated heterocycles. The zero-order valence-corrected chi connectivity index (χ0v) is 11.7. The van der Waals surface area contributed by atoms with Crippen LogP contribution in [-0.2, 0) is 4.79 Å². The number of halogens is 1. The van der Waals surface area contributed by atoms with Crippen LogP contribution >= 0.6 is 0 Å². The number of hydrogen-bond donors (Lipinski definition) is 0. The second-order valence-corrected chi connectivity index (χ2v) is 5.54. The van der Waals surface area contributed by atoms with Crippen molar-refractivity contribution in [1.82, 2.24) is 4.90 Å². The van der Waals surface area contributed by atoms with Gasteiger partial charge in [0.15, 0.2) is 0 Å². The predicted octanol–water partition coefficient (Wildman–Crippen LogP) is 2.58. The molecule has 1 fully saturated rings. The molecule has 0 saturated carbocycles. The normalized spacial score (nSPS) is 24.1. The maximum Gasteiger partial charge on any atom is 0.244 e. The second kappa shape index (κ2) is 5.37. The zero-order valence-electron chi connectivity index (χ0n) is 11.7. The number of nitrogens with zero attached hydrogens (tertiary/aromatic N) is 2. The van der Waals surface area contributed by atoms with Crippen molar-refractivity contribution in [2.45, 2.75) is 25.8 Å². The van der Waals surface area contributed by atoms with Gasteiger partial charge in [0.25, 0.3) is 0 Å². The van der Waals surface area contributed by atoms with Crippen LogP contribution in [0.4, 0.5) is 10.1 Å². The molecule has 0 aliphatic carbocycles. The minimum absolute atomic E-state index is 0.0306. The molecule has 1 aromatic carbocycles. The van der Waals surface area contributed by atoms with Gasteiger partial charge in [0.2, 0.25) is 5.91 Å². The van der Waals surface area contributed by atoms with Crippen LogP contribution in [0, 0.1) is 5.82 Å². The summed E-state index contributed by atoms with van der Waals surface area (Å²) in [7, 11) is 0. The third-order valence-electron chi connectivity index (χ3n) is 4.23. The highest BCUT2D eigenvalue weighted by Crippen LogP contribution is 2.27. The average Bonchev–Trinajstić information content (AvgIpc) is 2.82. The molecule has 2 aliphatic rings. The Labute approximate surface area is 118 Å². The second-order valence-electron chi connectivity index (χ2n) is 5.54. The van der Waals surface area contributed by atoms with E-state index in [1.54, 1.807) is 23.1 Å². The molecule has 3 nitrogen and oxygen atoms in total. The van der Waals surface area contributed by atoms with E-state index in [4.69, 9.17) is 0 Å². The van der Waals surface area contributed by atoms with Crippen LogP contribution in [0.1, 0.15) is 19.8 Å². The molecule has 20 heavy (non-hydrogen) atoms. The topological polar surface area (TPSA) is 23.6 Å². The van der Waals surface area contributed by atoms with Gasteiger partial charge in [-0.15, -0.1) is 0 Å². The molecule has 1 unspecified atom stereocenters. The van der Waals surface area contributed by atoms with Gasteiger partial charge in [-0.2, -0.15) is 0 Å². The maximum absolute atomic E-state index is 13.8. The van der Waals surface area contributed by atoms with E-state index < -0.39 is 0 Å². The molecule has 0 radical (unpaired) electrons. The number of carbonyl (C=O) groups is 1. The summed E-state index contributed by atoms with van der Waals surface area (Å²) in [6.07, 6.45) is 3.98. The smallest absolute Gasteiger partial charge is 0.244 e. The van der Waals surface area contributed by atoms with Crippen molar-refractivity contribution in [3.8, 4) is 0 Å². The number of benzene rings is 1. The molecular weight excluding hydrogens is 255 g/mol. The number of amides is 1. The number of hydrogen-bond acceptors (Lipinski definition) is 2. The third kappa shape index (κ3) is 2.36. The van der Waals surface area contributed by atoms with E-state index in [1.807, 2.05) is 0 Å². The Bertz CT molecular complexity index is 555. The van der Waals surface area contributed by atoms with Crippen molar-refractivity contribution in [1.29, 1.82) is 0 Å². The van der Waals surface area contributed by atoms with Gasteiger partial charge in [-0.3, -0.25) is 9.69 Å². The van der Waals surface area contributed by atoms with Crippen molar-refractivity contribution >= 4 is 11.6 Å². The Morgan fingerprint density at radius 2 is 2.05 bits per heavy atom. The first-order valence-electron chi connectivity index (χ1n) is 7.12.